The number of hydrogen-bond acceptors (Lipinski definition) is 4. The van der Waals surface area contributed by atoms with Gasteiger partial charge in [-0.25, -0.2) is 8.42 Å². The van der Waals surface area contributed by atoms with Gasteiger partial charge in [-0.1, -0.05) is 13.8 Å². The lowest BCUT2D eigenvalue weighted by Gasteiger charge is -2.22. The van der Waals surface area contributed by atoms with Crippen LogP contribution in [0.25, 0.3) is 0 Å². The summed E-state index contributed by atoms with van der Waals surface area (Å²) in [5.74, 6) is 0. The highest BCUT2D eigenvalue weighted by Crippen LogP contribution is 2.15. The molecule has 0 aliphatic carbocycles. The van der Waals surface area contributed by atoms with Gasteiger partial charge in [-0.15, -0.1) is 0 Å². The molecule has 1 N–H and O–H groups in total. The summed E-state index contributed by atoms with van der Waals surface area (Å²) in [6.45, 7) is 8.79. The van der Waals surface area contributed by atoms with Gasteiger partial charge in [0.05, 0.1) is 16.5 Å². The predicted octanol–water partition coefficient (Wildman–Crippen LogP) is 2.16. The van der Waals surface area contributed by atoms with Crippen LogP contribution in [0, 0.1) is 0 Å². The van der Waals surface area contributed by atoms with Crippen LogP contribution >= 0.6 is 0 Å². The highest BCUT2D eigenvalue weighted by molar-refractivity contribution is 7.92. The Morgan fingerprint density at radius 1 is 1.35 bits per heavy atom. The summed E-state index contributed by atoms with van der Waals surface area (Å²) in [6.07, 6.45) is 5.39. The monoisotopic (exact) mass is 301 g/mol. The summed E-state index contributed by atoms with van der Waals surface area (Å²) in [6, 6.07) is 2.43. The first-order valence-electron chi connectivity index (χ1n) is 7.15. The molecule has 5 nitrogen and oxygen atoms in total. The third-order valence-electron chi connectivity index (χ3n) is 3.84. The SMILES string of the molecule is CCC(CC)n1ccc(CNCC(C)(C)S(C)(=O)=O)n1. The van der Waals surface area contributed by atoms with Crippen LogP contribution in [0.4, 0.5) is 0 Å². The van der Waals surface area contributed by atoms with Gasteiger partial charge < -0.3 is 5.32 Å². The average molecular weight is 301 g/mol. The molecule has 0 radical (unpaired) electrons. The number of nitrogens with one attached hydrogen (secondary N) is 1. The van der Waals surface area contributed by atoms with Gasteiger partial charge in [0, 0.05) is 25.5 Å². The van der Waals surface area contributed by atoms with Crippen LogP contribution in [0.1, 0.15) is 52.3 Å². The molecule has 1 heterocycles. The maximum absolute atomic E-state index is 11.6. The van der Waals surface area contributed by atoms with Gasteiger partial charge in [-0.05, 0) is 32.8 Å². The van der Waals surface area contributed by atoms with Crippen molar-refractivity contribution in [1.29, 1.82) is 0 Å². The first-order chi connectivity index (χ1) is 9.21. The van der Waals surface area contributed by atoms with E-state index in [1.54, 1.807) is 13.8 Å². The van der Waals surface area contributed by atoms with E-state index < -0.39 is 14.6 Å². The molecule has 0 saturated heterocycles. The van der Waals surface area contributed by atoms with Crippen molar-refractivity contribution in [2.75, 3.05) is 12.8 Å². The Balaban J connectivity index is 2.56. The Hall–Kier alpha value is -0.880. The summed E-state index contributed by atoms with van der Waals surface area (Å²) >= 11 is 0. The molecule has 0 aliphatic rings. The minimum absolute atomic E-state index is 0.420. The molecule has 1 aromatic heterocycles. The van der Waals surface area contributed by atoms with E-state index in [0.717, 1.165) is 18.5 Å². The summed E-state index contributed by atoms with van der Waals surface area (Å²) in [7, 11) is -3.06. The molecule has 0 saturated carbocycles. The van der Waals surface area contributed by atoms with Gasteiger partial charge in [-0.2, -0.15) is 5.10 Å². The molecule has 0 unspecified atom stereocenters. The minimum atomic E-state index is -3.06. The number of sulfone groups is 1. The molecule has 0 spiro atoms. The highest BCUT2D eigenvalue weighted by atomic mass is 32.2. The second-order valence-electron chi connectivity index (χ2n) is 5.89. The van der Waals surface area contributed by atoms with Gasteiger partial charge in [0.1, 0.15) is 0 Å². The third kappa shape index (κ3) is 4.31. The van der Waals surface area contributed by atoms with E-state index in [9.17, 15) is 8.42 Å². The summed E-state index contributed by atoms with van der Waals surface area (Å²) in [5.41, 5.74) is 0.946. The third-order valence-corrected chi connectivity index (χ3v) is 5.99. The van der Waals surface area contributed by atoms with Crippen molar-refractivity contribution in [3.05, 3.63) is 18.0 Å². The van der Waals surface area contributed by atoms with Crippen LogP contribution < -0.4 is 5.32 Å². The molecule has 0 bridgehead atoms. The number of nitrogens with zero attached hydrogens (tertiary/aromatic N) is 2. The highest BCUT2D eigenvalue weighted by Gasteiger charge is 2.29. The lowest BCUT2D eigenvalue weighted by Crippen LogP contribution is -2.41. The van der Waals surface area contributed by atoms with E-state index >= 15 is 0 Å². The molecule has 0 atom stereocenters. The fourth-order valence-electron chi connectivity index (χ4n) is 1.96. The molecule has 0 aliphatic heterocycles. The van der Waals surface area contributed by atoms with Crippen molar-refractivity contribution in [3.63, 3.8) is 0 Å². The number of rotatable bonds is 8. The van der Waals surface area contributed by atoms with E-state index in [1.807, 2.05) is 16.9 Å². The van der Waals surface area contributed by atoms with Gasteiger partial charge in [0.2, 0.25) is 0 Å². The molecule has 20 heavy (non-hydrogen) atoms. The van der Waals surface area contributed by atoms with E-state index in [0.29, 0.717) is 19.1 Å². The normalized spacial score (nSPS) is 13.1. The van der Waals surface area contributed by atoms with Crippen LogP contribution in [-0.2, 0) is 16.4 Å². The Morgan fingerprint density at radius 2 is 1.95 bits per heavy atom. The van der Waals surface area contributed by atoms with Crippen LogP contribution in [0.3, 0.4) is 0 Å². The maximum atomic E-state index is 11.6. The van der Waals surface area contributed by atoms with Crippen molar-refractivity contribution in [2.45, 2.75) is 57.9 Å². The van der Waals surface area contributed by atoms with Gasteiger partial charge in [-0.3, -0.25) is 4.68 Å². The molecule has 1 aromatic rings. The quantitative estimate of drug-likeness (QED) is 0.799. The second-order valence-corrected chi connectivity index (χ2v) is 8.54. The number of aromatic nitrogens is 2. The maximum Gasteiger partial charge on any atom is 0.153 e. The van der Waals surface area contributed by atoms with Crippen molar-refractivity contribution in [2.24, 2.45) is 0 Å². The minimum Gasteiger partial charge on any atom is -0.310 e. The Labute approximate surface area is 122 Å². The van der Waals surface area contributed by atoms with Crippen LogP contribution in [0.15, 0.2) is 12.3 Å². The molecular weight excluding hydrogens is 274 g/mol. The molecule has 6 heteroatoms. The van der Waals surface area contributed by atoms with Crippen molar-refractivity contribution in [1.82, 2.24) is 15.1 Å². The fraction of sp³-hybridized carbons (Fsp3) is 0.786. The Kier molecular flexibility index (Phi) is 5.77. The summed E-state index contributed by atoms with van der Waals surface area (Å²) < 4.78 is 24.5. The Morgan fingerprint density at radius 3 is 2.45 bits per heavy atom. The molecule has 1 rings (SSSR count). The second kappa shape index (κ2) is 6.72. The largest absolute Gasteiger partial charge is 0.310 e. The van der Waals surface area contributed by atoms with Crippen molar-refractivity contribution in [3.8, 4) is 0 Å². The zero-order valence-corrected chi connectivity index (χ0v) is 14.0. The van der Waals surface area contributed by atoms with Crippen molar-refractivity contribution >= 4 is 9.84 Å². The topological polar surface area (TPSA) is 64.0 Å². The standard InChI is InChI=1S/C14H27N3O2S/c1-6-13(7-2)17-9-8-12(16-17)10-15-11-14(3,4)20(5,18)19/h8-9,13,15H,6-7,10-11H2,1-5H3. The predicted molar refractivity (Wildman–Crippen MR) is 82.5 cm³/mol. The molecule has 0 aromatic carbocycles. The summed E-state index contributed by atoms with van der Waals surface area (Å²) in [4.78, 5) is 0. The summed E-state index contributed by atoms with van der Waals surface area (Å²) in [5, 5.41) is 7.72. The van der Waals surface area contributed by atoms with E-state index in [1.165, 1.54) is 6.26 Å². The van der Waals surface area contributed by atoms with Gasteiger partial charge in [0.15, 0.2) is 9.84 Å². The zero-order valence-electron chi connectivity index (χ0n) is 13.2. The van der Waals surface area contributed by atoms with Crippen LogP contribution in [0.5, 0.6) is 0 Å². The van der Waals surface area contributed by atoms with Gasteiger partial charge >= 0.3 is 0 Å². The zero-order chi connectivity index (χ0) is 15.4. The van der Waals surface area contributed by atoms with E-state index in [-0.39, 0.29) is 0 Å². The van der Waals surface area contributed by atoms with E-state index in [2.05, 4.69) is 24.3 Å². The smallest absolute Gasteiger partial charge is 0.153 e. The van der Waals surface area contributed by atoms with Crippen LogP contribution in [-0.4, -0.2) is 35.7 Å². The van der Waals surface area contributed by atoms with Crippen molar-refractivity contribution < 1.29 is 8.42 Å². The van der Waals surface area contributed by atoms with Crippen LogP contribution in [0.2, 0.25) is 0 Å². The molecule has 0 amide bonds. The number of hydrogen-bond donors (Lipinski definition) is 1. The molecule has 0 fully saturated rings. The first kappa shape index (κ1) is 17.2. The lowest BCUT2D eigenvalue weighted by molar-refractivity contribution is 0.423. The molecule has 116 valence electrons. The lowest BCUT2D eigenvalue weighted by atomic mass is 10.2. The first-order valence-corrected chi connectivity index (χ1v) is 9.04. The fourth-order valence-corrected chi connectivity index (χ4v) is 2.32. The Bertz CT molecular complexity index is 516. The van der Waals surface area contributed by atoms with Gasteiger partial charge in [0.25, 0.3) is 0 Å². The van der Waals surface area contributed by atoms with E-state index in [4.69, 9.17) is 0 Å². The average Bonchev–Trinajstić information content (AvgIpc) is 2.78. The molecular formula is C14H27N3O2S.